The van der Waals surface area contributed by atoms with Crippen molar-refractivity contribution in [2.75, 3.05) is 75.8 Å². The van der Waals surface area contributed by atoms with Gasteiger partial charge in [0, 0.05) is 76.2 Å². The Balaban J connectivity index is 1.44. The van der Waals surface area contributed by atoms with E-state index >= 15 is 0 Å². The molecular weight excluding hydrogens is 502 g/mol. The first-order valence-electron chi connectivity index (χ1n) is 15.1. The number of nitrogens with one attached hydrogen (secondary N) is 2. The third kappa shape index (κ3) is 8.78. The molecule has 2 amide bonds. The number of unbranched alkanes of at least 4 members (excludes halogenated alkanes) is 1. The van der Waals surface area contributed by atoms with Crippen molar-refractivity contribution in [3.63, 3.8) is 0 Å². The Morgan fingerprint density at radius 1 is 0.925 bits per heavy atom. The number of amides is 2. The molecule has 1 unspecified atom stereocenters. The third-order valence-corrected chi connectivity index (χ3v) is 8.06. The van der Waals surface area contributed by atoms with E-state index in [4.69, 9.17) is 4.74 Å². The maximum Gasteiger partial charge on any atom is 0.253 e. The number of hydrogen-bond donors (Lipinski definition) is 2. The van der Waals surface area contributed by atoms with Crippen molar-refractivity contribution in [3.8, 4) is 0 Å². The predicted molar refractivity (Wildman–Crippen MR) is 162 cm³/mol. The fourth-order valence-electron chi connectivity index (χ4n) is 5.52. The molecule has 218 valence electrons. The van der Waals surface area contributed by atoms with Crippen LogP contribution in [0.1, 0.15) is 55.5 Å². The van der Waals surface area contributed by atoms with Crippen LogP contribution in [0, 0.1) is 5.92 Å². The smallest absolute Gasteiger partial charge is 0.253 e. The molecule has 2 saturated heterocycles. The summed E-state index contributed by atoms with van der Waals surface area (Å²) in [6.45, 7) is 13.4. The molecular formula is C32H47N5O3. The van der Waals surface area contributed by atoms with Crippen LogP contribution >= 0.6 is 0 Å². The summed E-state index contributed by atoms with van der Waals surface area (Å²) in [4.78, 5) is 33.6. The van der Waals surface area contributed by atoms with Gasteiger partial charge < -0.3 is 20.3 Å². The lowest BCUT2D eigenvalue weighted by molar-refractivity contribution is -0.120. The average molecular weight is 550 g/mol. The highest BCUT2D eigenvalue weighted by Crippen LogP contribution is 2.27. The van der Waals surface area contributed by atoms with Crippen molar-refractivity contribution in [1.82, 2.24) is 15.1 Å². The van der Waals surface area contributed by atoms with Gasteiger partial charge in [-0.1, -0.05) is 57.0 Å². The van der Waals surface area contributed by atoms with Crippen molar-refractivity contribution in [1.29, 1.82) is 0 Å². The van der Waals surface area contributed by atoms with E-state index in [-0.39, 0.29) is 17.7 Å². The molecule has 1 atom stereocenters. The molecule has 0 aliphatic carbocycles. The number of anilines is 2. The number of piperazine rings is 1. The number of benzene rings is 2. The number of rotatable bonds is 13. The molecule has 2 aromatic carbocycles. The van der Waals surface area contributed by atoms with Crippen LogP contribution in [-0.4, -0.2) is 87.2 Å². The molecule has 8 heteroatoms. The summed E-state index contributed by atoms with van der Waals surface area (Å²) in [6.07, 6.45) is 3.81. The monoisotopic (exact) mass is 549 g/mol. The molecule has 2 aliphatic rings. The normalized spacial score (nSPS) is 17.4. The zero-order valence-corrected chi connectivity index (χ0v) is 24.4. The van der Waals surface area contributed by atoms with Crippen LogP contribution in [0.25, 0.3) is 0 Å². The molecule has 0 aromatic heterocycles. The summed E-state index contributed by atoms with van der Waals surface area (Å²) in [5.74, 6) is -0.0656. The summed E-state index contributed by atoms with van der Waals surface area (Å²) in [7, 11) is 0. The topological polar surface area (TPSA) is 77.2 Å². The van der Waals surface area contributed by atoms with Crippen LogP contribution in [-0.2, 0) is 16.1 Å². The first-order valence-corrected chi connectivity index (χ1v) is 15.1. The van der Waals surface area contributed by atoms with Gasteiger partial charge in [-0.3, -0.25) is 19.4 Å². The lowest BCUT2D eigenvalue weighted by Crippen LogP contribution is -2.46. The van der Waals surface area contributed by atoms with Crippen molar-refractivity contribution >= 4 is 23.2 Å². The fourth-order valence-corrected chi connectivity index (χ4v) is 5.52. The second-order valence-electron chi connectivity index (χ2n) is 10.9. The minimum atomic E-state index is -0.0934. The third-order valence-electron chi connectivity index (χ3n) is 8.06. The number of ether oxygens (including phenoxy) is 1. The van der Waals surface area contributed by atoms with Gasteiger partial charge in [0.1, 0.15) is 0 Å². The van der Waals surface area contributed by atoms with E-state index in [1.165, 1.54) is 5.56 Å². The Kier molecular flexibility index (Phi) is 11.8. The number of nitrogens with zero attached hydrogens (tertiary/aromatic N) is 3. The first kappa shape index (κ1) is 30.0. The van der Waals surface area contributed by atoms with Gasteiger partial charge in [0.2, 0.25) is 5.91 Å². The van der Waals surface area contributed by atoms with Crippen LogP contribution in [0.15, 0.2) is 48.5 Å². The van der Waals surface area contributed by atoms with Gasteiger partial charge in [0.05, 0.1) is 18.8 Å². The summed E-state index contributed by atoms with van der Waals surface area (Å²) in [6, 6.07) is 16.4. The lowest BCUT2D eigenvalue weighted by atomic mass is 9.98. The van der Waals surface area contributed by atoms with E-state index in [0.717, 1.165) is 96.9 Å². The highest BCUT2D eigenvalue weighted by Gasteiger charge is 2.23. The van der Waals surface area contributed by atoms with Crippen molar-refractivity contribution in [3.05, 3.63) is 59.7 Å². The zero-order chi connectivity index (χ0) is 28.2. The van der Waals surface area contributed by atoms with E-state index in [9.17, 15) is 9.59 Å². The van der Waals surface area contributed by atoms with Gasteiger partial charge in [0.25, 0.3) is 5.91 Å². The molecule has 2 aromatic rings. The average Bonchev–Trinajstić information content (AvgIpc) is 2.99. The molecule has 8 nitrogen and oxygen atoms in total. The van der Waals surface area contributed by atoms with Crippen molar-refractivity contribution in [2.24, 2.45) is 5.92 Å². The van der Waals surface area contributed by atoms with Gasteiger partial charge >= 0.3 is 0 Å². The van der Waals surface area contributed by atoms with Crippen LogP contribution in [0.5, 0.6) is 0 Å². The zero-order valence-electron chi connectivity index (χ0n) is 24.4. The van der Waals surface area contributed by atoms with E-state index < -0.39 is 0 Å². The van der Waals surface area contributed by atoms with Crippen molar-refractivity contribution < 1.29 is 14.3 Å². The Bertz CT molecular complexity index is 1070. The summed E-state index contributed by atoms with van der Waals surface area (Å²) >= 11 is 0. The Hall–Kier alpha value is -2.94. The number of carbonyl (C=O) groups is 2. The molecule has 2 fully saturated rings. The van der Waals surface area contributed by atoms with Crippen LogP contribution in [0.2, 0.25) is 0 Å². The SMILES string of the molecule is CCCCC(CC)C(=O)Nc1ccc(N2CCN(Cc3ccccc3)CC2)c(C(=O)NCCN2CCOCC2)c1. The molecule has 4 rings (SSSR count). The highest BCUT2D eigenvalue weighted by atomic mass is 16.5. The Morgan fingerprint density at radius 3 is 2.38 bits per heavy atom. The Labute approximate surface area is 240 Å². The number of morpholine rings is 1. The molecule has 2 heterocycles. The maximum absolute atomic E-state index is 13.5. The minimum absolute atomic E-state index is 0.0110. The molecule has 0 saturated carbocycles. The molecule has 0 radical (unpaired) electrons. The highest BCUT2D eigenvalue weighted by molar-refractivity contribution is 6.02. The van der Waals surface area contributed by atoms with E-state index in [1.807, 2.05) is 18.2 Å². The summed E-state index contributed by atoms with van der Waals surface area (Å²) < 4.78 is 5.44. The second-order valence-corrected chi connectivity index (χ2v) is 10.9. The van der Waals surface area contributed by atoms with E-state index in [0.29, 0.717) is 17.8 Å². The summed E-state index contributed by atoms with van der Waals surface area (Å²) in [5, 5.41) is 6.24. The van der Waals surface area contributed by atoms with Gasteiger partial charge in [-0.2, -0.15) is 0 Å². The predicted octanol–water partition coefficient (Wildman–Crippen LogP) is 4.23. The molecule has 2 N–H and O–H groups in total. The molecule has 2 aliphatic heterocycles. The van der Waals surface area contributed by atoms with Gasteiger partial charge in [-0.05, 0) is 36.6 Å². The largest absolute Gasteiger partial charge is 0.379 e. The molecule has 0 bridgehead atoms. The van der Waals surface area contributed by atoms with Gasteiger partial charge in [-0.25, -0.2) is 0 Å². The Morgan fingerprint density at radius 2 is 1.68 bits per heavy atom. The second kappa shape index (κ2) is 15.7. The summed E-state index contributed by atoms with van der Waals surface area (Å²) in [5.41, 5.74) is 3.56. The fraction of sp³-hybridized carbons (Fsp3) is 0.562. The molecule has 40 heavy (non-hydrogen) atoms. The van der Waals surface area contributed by atoms with Gasteiger partial charge in [-0.15, -0.1) is 0 Å². The van der Waals surface area contributed by atoms with E-state index in [2.05, 4.69) is 69.5 Å². The van der Waals surface area contributed by atoms with Crippen LogP contribution < -0.4 is 15.5 Å². The van der Waals surface area contributed by atoms with Crippen LogP contribution in [0.4, 0.5) is 11.4 Å². The number of carbonyl (C=O) groups excluding carboxylic acids is 2. The number of hydrogen-bond acceptors (Lipinski definition) is 6. The maximum atomic E-state index is 13.5. The standard InChI is InChI=1S/C32H47N5O3/c1-3-5-11-27(4-2)31(38)34-28-12-13-30(29(24-28)32(39)33-14-15-35-20-22-40-23-21-35)37-18-16-36(17-19-37)25-26-9-7-6-8-10-26/h6-10,12-13,24,27H,3-5,11,14-23,25H2,1-2H3,(H,33,39)(H,34,38). The molecule has 0 spiro atoms. The van der Waals surface area contributed by atoms with Crippen molar-refractivity contribution in [2.45, 2.75) is 46.1 Å². The van der Waals surface area contributed by atoms with E-state index in [1.54, 1.807) is 0 Å². The first-order chi connectivity index (χ1) is 19.6. The lowest BCUT2D eigenvalue weighted by Gasteiger charge is -2.37. The quantitative estimate of drug-likeness (QED) is 0.390. The van der Waals surface area contributed by atoms with Gasteiger partial charge in [0.15, 0.2) is 0 Å². The minimum Gasteiger partial charge on any atom is -0.379 e. The van der Waals surface area contributed by atoms with Crippen LogP contribution in [0.3, 0.4) is 0 Å².